The van der Waals surface area contributed by atoms with E-state index in [9.17, 15) is 4.79 Å². The Kier molecular flexibility index (Phi) is 3.72. The quantitative estimate of drug-likeness (QED) is 0.607. The van der Waals surface area contributed by atoms with Crippen LogP contribution in [0.3, 0.4) is 0 Å². The Labute approximate surface area is 80.1 Å². The molecule has 3 heteroatoms. The van der Waals surface area contributed by atoms with E-state index in [-0.39, 0.29) is 18.0 Å². The van der Waals surface area contributed by atoms with Crippen molar-refractivity contribution >= 4 is 5.97 Å². The van der Waals surface area contributed by atoms with Crippen molar-refractivity contribution in [2.24, 2.45) is 5.92 Å². The highest BCUT2D eigenvalue weighted by Crippen LogP contribution is 2.13. The zero-order valence-electron chi connectivity index (χ0n) is 8.75. The van der Waals surface area contributed by atoms with Gasteiger partial charge in [0.2, 0.25) is 0 Å². The number of esters is 1. The average Bonchev–Trinajstić information content (AvgIpc) is 2.04. The molecule has 0 aromatic heterocycles. The molecule has 0 aromatic rings. The van der Waals surface area contributed by atoms with Crippen LogP contribution in [-0.2, 0) is 9.53 Å². The van der Waals surface area contributed by atoms with Crippen molar-refractivity contribution in [1.29, 1.82) is 0 Å². The molecule has 13 heavy (non-hydrogen) atoms. The second-order valence-corrected chi connectivity index (χ2v) is 4.12. The molecule has 1 heterocycles. The molecule has 1 saturated heterocycles. The van der Waals surface area contributed by atoms with Gasteiger partial charge in [-0.3, -0.25) is 4.79 Å². The van der Waals surface area contributed by atoms with Crippen LogP contribution in [0.15, 0.2) is 0 Å². The van der Waals surface area contributed by atoms with Crippen molar-refractivity contribution in [3.05, 3.63) is 0 Å². The van der Waals surface area contributed by atoms with Gasteiger partial charge in [-0.2, -0.15) is 0 Å². The highest BCUT2D eigenvalue weighted by Gasteiger charge is 2.21. The van der Waals surface area contributed by atoms with Crippen molar-refractivity contribution in [1.82, 2.24) is 4.90 Å². The first-order valence-electron chi connectivity index (χ1n) is 4.98. The summed E-state index contributed by atoms with van der Waals surface area (Å²) in [5, 5.41) is 0. The number of likely N-dealkylation sites (N-methyl/N-ethyl adjacent to an activating group) is 1. The first-order valence-corrected chi connectivity index (χ1v) is 4.98. The summed E-state index contributed by atoms with van der Waals surface area (Å²) in [5.41, 5.74) is 0. The van der Waals surface area contributed by atoms with Crippen LogP contribution < -0.4 is 0 Å². The van der Waals surface area contributed by atoms with Gasteiger partial charge in [0.1, 0.15) is 6.10 Å². The third-order valence-electron chi connectivity index (χ3n) is 2.34. The van der Waals surface area contributed by atoms with Gasteiger partial charge in [0.15, 0.2) is 0 Å². The van der Waals surface area contributed by atoms with Crippen LogP contribution >= 0.6 is 0 Å². The summed E-state index contributed by atoms with van der Waals surface area (Å²) >= 11 is 0. The van der Waals surface area contributed by atoms with E-state index < -0.39 is 0 Å². The lowest BCUT2D eigenvalue weighted by atomic mass is 10.1. The van der Waals surface area contributed by atoms with Gasteiger partial charge >= 0.3 is 5.97 Å². The second kappa shape index (κ2) is 4.61. The van der Waals surface area contributed by atoms with Crippen molar-refractivity contribution < 1.29 is 9.53 Å². The molecule has 1 aliphatic rings. The highest BCUT2D eigenvalue weighted by molar-refractivity contribution is 5.71. The molecule has 0 spiro atoms. The lowest BCUT2D eigenvalue weighted by Gasteiger charge is -2.29. The van der Waals surface area contributed by atoms with E-state index in [1.54, 1.807) is 0 Å². The summed E-state index contributed by atoms with van der Waals surface area (Å²) in [4.78, 5) is 13.5. The molecule has 0 aliphatic carbocycles. The first kappa shape index (κ1) is 10.5. The molecule has 0 amide bonds. The van der Waals surface area contributed by atoms with Crippen molar-refractivity contribution in [3.63, 3.8) is 0 Å². The van der Waals surface area contributed by atoms with Gasteiger partial charge < -0.3 is 9.64 Å². The predicted octanol–water partition coefficient (Wildman–Crippen LogP) is 1.28. The Balaban J connectivity index is 2.31. The van der Waals surface area contributed by atoms with Crippen LogP contribution in [-0.4, -0.2) is 37.1 Å². The summed E-state index contributed by atoms with van der Waals surface area (Å²) in [6.45, 7) is 5.75. The van der Waals surface area contributed by atoms with E-state index >= 15 is 0 Å². The molecular weight excluding hydrogens is 166 g/mol. The largest absolute Gasteiger partial charge is 0.461 e. The molecule has 1 aliphatic heterocycles. The maximum absolute atomic E-state index is 11.3. The number of carbonyl (C=O) groups is 1. The highest BCUT2D eigenvalue weighted by atomic mass is 16.5. The van der Waals surface area contributed by atoms with E-state index in [1.807, 2.05) is 13.8 Å². The fourth-order valence-corrected chi connectivity index (χ4v) is 1.52. The summed E-state index contributed by atoms with van der Waals surface area (Å²) in [5.74, 6) is -0.0764. The van der Waals surface area contributed by atoms with Crippen molar-refractivity contribution in [3.8, 4) is 0 Å². The summed E-state index contributed by atoms with van der Waals surface area (Å²) in [6.07, 6.45) is 2.27. The first-order chi connectivity index (χ1) is 6.09. The number of piperidine rings is 1. The fourth-order valence-electron chi connectivity index (χ4n) is 1.52. The molecule has 76 valence electrons. The Morgan fingerprint density at radius 2 is 2.23 bits per heavy atom. The SMILES string of the molecule is CC(C)C(=O)OC1CCCN(C)C1. The maximum Gasteiger partial charge on any atom is 0.308 e. The Morgan fingerprint density at radius 3 is 2.77 bits per heavy atom. The smallest absolute Gasteiger partial charge is 0.308 e. The molecule has 3 nitrogen and oxygen atoms in total. The standard InChI is InChI=1S/C10H19NO2/c1-8(2)10(12)13-9-5-4-6-11(3)7-9/h8-9H,4-7H2,1-3H3. The number of hydrogen-bond donors (Lipinski definition) is 0. The third kappa shape index (κ3) is 3.35. The van der Waals surface area contributed by atoms with Gasteiger partial charge in [0, 0.05) is 6.54 Å². The van der Waals surface area contributed by atoms with Gasteiger partial charge in [-0.1, -0.05) is 13.8 Å². The van der Waals surface area contributed by atoms with Crippen LogP contribution in [0, 0.1) is 5.92 Å². The van der Waals surface area contributed by atoms with Crippen molar-refractivity contribution in [2.75, 3.05) is 20.1 Å². The fraction of sp³-hybridized carbons (Fsp3) is 0.900. The van der Waals surface area contributed by atoms with Gasteiger partial charge in [0.05, 0.1) is 5.92 Å². The predicted molar refractivity (Wildman–Crippen MR) is 51.4 cm³/mol. The number of hydrogen-bond acceptors (Lipinski definition) is 3. The molecule has 1 rings (SSSR count). The lowest BCUT2D eigenvalue weighted by Crippen LogP contribution is -2.38. The number of ether oxygens (including phenoxy) is 1. The van der Waals surface area contributed by atoms with Crippen LogP contribution in [0.1, 0.15) is 26.7 Å². The number of nitrogens with zero attached hydrogens (tertiary/aromatic N) is 1. The van der Waals surface area contributed by atoms with Crippen LogP contribution in [0.2, 0.25) is 0 Å². The van der Waals surface area contributed by atoms with E-state index in [0.717, 1.165) is 25.9 Å². The van der Waals surface area contributed by atoms with E-state index in [2.05, 4.69) is 11.9 Å². The minimum absolute atomic E-state index is 0.00719. The van der Waals surface area contributed by atoms with E-state index in [0.29, 0.717) is 0 Å². The average molecular weight is 185 g/mol. The summed E-state index contributed by atoms with van der Waals surface area (Å²) in [6, 6.07) is 0. The lowest BCUT2D eigenvalue weighted by molar-refractivity contribution is -0.155. The summed E-state index contributed by atoms with van der Waals surface area (Å²) in [7, 11) is 2.06. The van der Waals surface area contributed by atoms with Gasteiger partial charge in [-0.05, 0) is 26.4 Å². The maximum atomic E-state index is 11.3. The van der Waals surface area contributed by atoms with Crippen LogP contribution in [0.4, 0.5) is 0 Å². The Morgan fingerprint density at radius 1 is 1.54 bits per heavy atom. The van der Waals surface area contributed by atoms with E-state index in [4.69, 9.17) is 4.74 Å². The molecule has 0 saturated carbocycles. The minimum atomic E-state index is -0.0692. The van der Waals surface area contributed by atoms with Gasteiger partial charge in [-0.25, -0.2) is 0 Å². The molecule has 0 aromatic carbocycles. The normalized spacial score (nSPS) is 24.8. The molecule has 1 unspecified atom stereocenters. The molecule has 0 radical (unpaired) electrons. The monoisotopic (exact) mass is 185 g/mol. The molecule has 1 atom stereocenters. The Hall–Kier alpha value is -0.570. The number of carbonyl (C=O) groups excluding carboxylic acids is 1. The number of likely N-dealkylation sites (tertiary alicyclic amines) is 1. The molecule has 0 N–H and O–H groups in total. The summed E-state index contributed by atoms with van der Waals surface area (Å²) < 4.78 is 5.34. The minimum Gasteiger partial charge on any atom is -0.461 e. The zero-order chi connectivity index (χ0) is 9.84. The topological polar surface area (TPSA) is 29.5 Å². The Bertz CT molecular complexity index is 180. The number of rotatable bonds is 2. The van der Waals surface area contributed by atoms with Crippen LogP contribution in [0.25, 0.3) is 0 Å². The zero-order valence-corrected chi connectivity index (χ0v) is 8.75. The molecular formula is C10H19NO2. The second-order valence-electron chi connectivity index (χ2n) is 4.12. The van der Waals surface area contributed by atoms with Gasteiger partial charge in [0.25, 0.3) is 0 Å². The van der Waals surface area contributed by atoms with Gasteiger partial charge in [-0.15, -0.1) is 0 Å². The van der Waals surface area contributed by atoms with E-state index in [1.165, 1.54) is 0 Å². The molecule has 1 fully saturated rings. The van der Waals surface area contributed by atoms with Crippen LogP contribution in [0.5, 0.6) is 0 Å². The third-order valence-corrected chi connectivity index (χ3v) is 2.34. The van der Waals surface area contributed by atoms with Crippen molar-refractivity contribution in [2.45, 2.75) is 32.8 Å². The molecule has 0 bridgehead atoms.